The van der Waals surface area contributed by atoms with E-state index in [-0.39, 0.29) is 0 Å². The van der Waals surface area contributed by atoms with Gasteiger partial charge in [-0.1, -0.05) is 67.3 Å². The van der Waals surface area contributed by atoms with E-state index >= 15 is 0 Å². The van der Waals surface area contributed by atoms with Gasteiger partial charge in [0.2, 0.25) is 0 Å². The lowest BCUT2D eigenvalue weighted by atomic mass is 10.1. The zero-order valence-electron chi connectivity index (χ0n) is 10.6. The van der Waals surface area contributed by atoms with E-state index in [2.05, 4.69) is 68.5 Å². The Kier molecular flexibility index (Phi) is 2.27. The smallest absolute Gasteiger partial charge is 0.0656 e. The summed E-state index contributed by atoms with van der Waals surface area (Å²) in [6.45, 7) is 7.25. The first-order chi connectivity index (χ1) is 8.07. The Bertz CT molecular complexity index is 576. The van der Waals surface area contributed by atoms with Gasteiger partial charge < -0.3 is 0 Å². The summed E-state index contributed by atoms with van der Waals surface area (Å²) in [7, 11) is -1.26. The zero-order chi connectivity index (χ0) is 12.0. The molecule has 0 amide bonds. The van der Waals surface area contributed by atoms with E-state index in [0.29, 0.717) is 0 Å². The van der Waals surface area contributed by atoms with E-state index in [0.717, 1.165) is 0 Å². The first-order valence-corrected chi connectivity index (χ1v) is 9.65. The highest BCUT2D eigenvalue weighted by molar-refractivity contribution is 6.89. The van der Waals surface area contributed by atoms with Gasteiger partial charge in [0.05, 0.1) is 8.07 Å². The number of rotatable bonds is 1. The van der Waals surface area contributed by atoms with Gasteiger partial charge in [-0.05, 0) is 22.3 Å². The van der Waals surface area contributed by atoms with E-state index < -0.39 is 8.07 Å². The average molecular weight is 237 g/mol. The van der Waals surface area contributed by atoms with Gasteiger partial charge in [0, 0.05) is 6.42 Å². The van der Waals surface area contributed by atoms with Crippen LogP contribution in [-0.4, -0.2) is 8.07 Å². The van der Waals surface area contributed by atoms with E-state index in [1.807, 2.05) is 0 Å². The van der Waals surface area contributed by atoms with Crippen molar-refractivity contribution >= 4 is 13.3 Å². The van der Waals surface area contributed by atoms with Crippen molar-refractivity contribution in [1.29, 1.82) is 0 Å². The number of benzene rings is 2. The molecule has 0 saturated heterocycles. The van der Waals surface area contributed by atoms with Crippen molar-refractivity contribution in [2.75, 3.05) is 0 Å². The minimum absolute atomic E-state index is 1.26. The molecule has 2 aromatic carbocycles. The molecule has 0 nitrogen and oxygen atoms in total. The van der Waals surface area contributed by atoms with Crippen LogP contribution in [0.15, 0.2) is 42.5 Å². The predicted molar refractivity (Wildman–Crippen MR) is 77.4 cm³/mol. The van der Waals surface area contributed by atoms with Crippen molar-refractivity contribution in [3.63, 3.8) is 0 Å². The molecular formula is C16H17Si. The standard InChI is InChI=1S/C16H17Si/c1-17(2,3)16-10-6-9-14-13-8-5-4-7-12(13)11-15(14)16/h4-11H,1-3H3. The van der Waals surface area contributed by atoms with Crippen LogP contribution >= 0.6 is 0 Å². The highest BCUT2D eigenvalue weighted by Crippen LogP contribution is 2.37. The van der Waals surface area contributed by atoms with Gasteiger partial charge in [0.15, 0.2) is 0 Å². The second-order valence-electron chi connectivity index (χ2n) is 5.75. The van der Waals surface area contributed by atoms with Crippen molar-refractivity contribution in [2.45, 2.75) is 19.6 Å². The topological polar surface area (TPSA) is 0 Å². The fraction of sp³-hybridized carbons (Fsp3) is 0.188. The predicted octanol–water partition coefficient (Wildman–Crippen LogP) is 3.81. The van der Waals surface area contributed by atoms with E-state index in [1.54, 1.807) is 5.19 Å². The molecule has 85 valence electrons. The summed E-state index contributed by atoms with van der Waals surface area (Å²) in [4.78, 5) is 0. The summed E-state index contributed by atoms with van der Waals surface area (Å²) in [6.07, 6.45) is 2.36. The summed E-state index contributed by atoms with van der Waals surface area (Å²) in [5.41, 5.74) is 5.64. The van der Waals surface area contributed by atoms with E-state index in [4.69, 9.17) is 0 Å². The normalized spacial score (nSPS) is 13.4. The molecule has 1 aliphatic carbocycles. The van der Waals surface area contributed by atoms with Gasteiger partial charge in [-0.3, -0.25) is 0 Å². The van der Waals surface area contributed by atoms with Gasteiger partial charge in [-0.2, -0.15) is 0 Å². The number of fused-ring (bicyclic) bond motifs is 3. The quantitative estimate of drug-likeness (QED) is 0.565. The SMILES string of the molecule is C[Si](C)(C)c1cccc2c1[CH]c1ccccc1-2. The van der Waals surface area contributed by atoms with Gasteiger partial charge in [-0.25, -0.2) is 0 Å². The Hall–Kier alpha value is -1.34. The summed E-state index contributed by atoms with van der Waals surface area (Å²) in [6, 6.07) is 15.5. The molecule has 0 aliphatic heterocycles. The Morgan fingerprint density at radius 2 is 1.47 bits per heavy atom. The second kappa shape index (κ2) is 3.57. The Morgan fingerprint density at radius 1 is 0.765 bits per heavy atom. The van der Waals surface area contributed by atoms with Gasteiger partial charge in [0.1, 0.15) is 0 Å². The minimum Gasteiger partial charge on any atom is -0.0656 e. The monoisotopic (exact) mass is 237 g/mol. The third kappa shape index (κ3) is 1.66. The van der Waals surface area contributed by atoms with Crippen molar-refractivity contribution in [3.8, 4) is 11.1 Å². The van der Waals surface area contributed by atoms with Crippen LogP contribution in [0.3, 0.4) is 0 Å². The number of hydrogen-bond acceptors (Lipinski definition) is 0. The fourth-order valence-corrected chi connectivity index (χ4v) is 4.24. The highest BCUT2D eigenvalue weighted by atomic mass is 28.3. The van der Waals surface area contributed by atoms with Gasteiger partial charge >= 0.3 is 0 Å². The summed E-state index contributed by atoms with van der Waals surface area (Å²) in [5, 5.41) is 1.58. The lowest BCUT2D eigenvalue weighted by Gasteiger charge is -2.20. The van der Waals surface area contributed by atoms with Gasteiger partial charge in [-0.15, -0.1) is 0 Å². The Morgan fingerprint density at radius 3 is 2.24 bits per heavy atom. The maximum absolute atomic E-state index is 2.42. The van der Waals surface area contributed by atoms with Crippen molar-refractivity contribution in [3.05, 3.63) is 60.0 Å². The zero-order valence-corrected chi connectivity index (χ0v) is 11.6. The largest absolute Gasteiger partial charge is 0.0780 e. The molecule has 0 spiro atoms. The van der Waals surface area contributed by atoms with Crippen molar-refractivity contribution in [2.24, 2.45) is 0 Å². The van der Waals surface area contributed by atoms with Crippen LogP contribution in [0.2, 0.25) is 19.6 Å². The van der Waals surface area contributed by atoms with Crippen LogP contribution in [0, 0.1) is 6.42 Å². The molecule has 3 rings (SSSR count). The molecule has 0 N–H and O–H groups in total. The molecule has 0 heterocycles. The molecular weight excluding hydrogens is 220 g/mol. The van der Waals surface area contributed by atoms with E-state index in [9.17, 15) is 0 Å². The number of hydrogen-bond donors (Lipinski definition) is 0. The lowest BCUT2D eigenvalue weighted by molar-refractivity contribution is 1.55. The lowest BCUT2D eigenvalue weighted by Crippen LogP contribution is -2.39. The highest BCUT2D eigenvalue weighted by Gasteiger charge is 2.26. The fourth-order valence-electron chi connectivity index (χ4n) is 2.63. The van der Waals surface area contributed by atoms with Crippen LogP contribution in [0.5, 0.6) is 0 Å². The average Bonchev–Trinajstić information content (AvgIpc) is 2.65. The third-order valence-electron chi connectivity index (χ3n) is 3.46. The Labute approximate surface area is 104 Å². The van der Waals surface area contributed by atoms with E-state index in [1.165, 1.54) is 22.3 Å². The maximum Gasteiger partial charge on any atom is 0.0780 e. The molecule has 0 unspecified atom stereocenters. The summed E-state index contributed by atoms with van der Waals surface area (Å²) >= 11 is 0. The molecule has 1 radical (unpaired) electrons. The Balaban J connectivity index is 2.24. The molecule has 0 bridgehead atoms. The first-order valence-electron chi connectivity index (χ1n) is 6.15. The van der Waals surface area contributed by atoms with Crippen molar-refractivity contribution < 1.29 is 0 Å². The maximum atomic E-state index is 2.42. The summed E-state index contributed by atoms with van der Waals surface area (Å²) in [5.74, 6) is 0. The third-order valence-corrected chi connectivity index (χ3v) is 5.52. The molecule has 0 fully saturated rings. The molecule has 0 aromatic heterocycles. The second-order valence-corrected chi connectivity index (χ2v) is 10.8. The molecule has 17 heavy (non-hydrogen) atoms. The van der Waals surface area contributed by atoms with Gasteiger partial charge in [0.25, 0.3) is 0 Å². The van der Waals surface area contributed by atoms with Crippen LogP contribution in [-0.2, 0) is 0 Å². The van der Waals surface area contributed by atoms with Crippen LogP contribution in [0.25, 0.3) is 11.1 Å². The molecule has 0 atom stereocenters. The van der Waals surface area contributed by atoms with Crippen molar-refractivity contribution in [1.82, 2.24) is 0 Å². The molecule has 1 heteroatoms. The molecule has 1 aliphatic rings. The molecule has 0 saturated carbocycles. The first kappa shape index (κ1) is 10.8. The van der Waals surface area contributed by atoms with Crippen LogP contribution in [0.4, 0.5) is 0 Å². The van der Waals surface area contributed by atoms with Crippen LogP contribution < -0.4 is 5.19 Å². The minimum atomic E-state index is -1.26. The molecule has 2 aromatic rings. The van der Waals surface area contributed by atoms with Crippen LogP contribution in [0.1, 0.15) is 11.1 Å². The summed E-state index contributed by atoms with van der Waals surface area (Å²) < 4.78 is 0.